The number of carbonyl (C=O) groups excluding carboxylic acids is 1. The molecule has 0 bridgehead atoms. The molecule has 0 spiro atoms. The molecular formula is C17H19N3O6S. The van der Waals surface area contributed by atoms with Crippen LogP contribution in [0.1, 0.15) is 12.5 Å². The van der Waals surface area contributed by atoms with Gasteiger partial charge in [0.25, 0.3) is 5.69 Å². The molecule has 3 N–H and O–H groups in total. The van der Waals surface area contributed by atoms with Crippen LogP contribution in [0.2, 0.25) is 0 Å². The van der Waals surface area contributed by atoms with Crippen LogP contribution in [0.3, 0.4) is 0 Å². The van der Waals surface area contributed by atoms with Gasteiger partial charge in [-0.15, -0.1) is 0 Å². The molecule has 1 amide bonds. The standard InChI is InChI=1S/C17H19N3O6S/c1-17(16(18)21,11-12-3-5-13(6-4-12)20(22)23)19-27(24,25)15-9-7-14(26-2)8-10-15/h3-10,19H,11H2,1-2H3,(H2,18,21)/t17-/m0/s1. The number of nitro benzene ring substituents is 1. The van der Waals surface area contributed by atoms with Crippen LogP contribution in [0.25, 0.3) is 0 Å². The molecule has 9 nitrogen and oxygen atoms in total. The first-order chi connectivity index (χ1) is 12.6. The zero-order chi connectivity index (χ0) is 20.2. The van der Waals surface area contributed by atoms with E-state index >= 15 is 0 Å². The Balaban J connectivity index is 2.28. The summed E-state index contributed by atoms with van der Waals surface area (Å²) in [4.78, 5) is 22.1. The van der Waals surface area contributed by atoms with Crippen molar-refractivity contribution in [3.05, 3.63) is 64.2 Å². The minimum Gasteiger partial charge on any atom is -0.497 e. The summed E-state index contributed by atoms with van der Waals surface area (Å²) in [5.41, 5.74) is 4.20. The molecular weight excluding hydrogens is 374 g/mol. The van der Waals surface area contributed by atoms with E-state index in [2.05, 4.69) is 4.72 Å². The lowest BCUT2D eigenvalue weighted by atomic mass is 9.93. The van der Waals surface area contributed by atoms with Gasteiger partial charge in [-0.3, -0.25) is 14.9 Å². The number of rotatable bonds is 8. The maximum absolute atomic E-state index is 12.6. The van der Waals surface area contributed by atoms with E-state index in [1.54, 1.807) is 0 Å². The highest BCUT2D eigenvalue weighted by Gasteiger charge is 2.36. The molecule has 10 heteroatoms. The van der Waals surface area contributed by atoms with Crippen LogP contribution in [0.5, 0.6) is 5.75 Å². The summed E-state index contributed by atoms with van der Waals surface area (Å²) in [6, 6.07) is 11.1. The van der Waals surface area contributed by atoms with E-state index in [-0.39, 0.29) is 17.0 Å². The van der Waals surface area contributed by atoms with E-state index in [9.17, 15) is 23.3 Å². The monoisotopic (exact) mass is 393 g/mol. The van der Waals surface area contributed by atoms with Gasteiger partial charge in [0.2, 0.25) is 15.9 Å². The first-order valence-electron chi connectivity index (χ1n) is 7.79. The number of amides is 1. The molecule has 0 heterocycles. The summed E-state index contributed by atoms with van der Waals surface area (Å²) in [6.45, 7) is 1.36. The van der Waals surface area contributed by atoms with E-state index in [1.807, 2.05) is 0 Å². The molecule has 1 atom stereocenters. The highest BCUT2D eigenvalue weighted by molar-refractivity contribution is 7.89. The van der Waals surface area contributed by atoms with Gasteiger partial charge in [-0.1, -0.05) is 12.1 Å². The molecule has 0 radical (unpaired) electrons. The fourth-order valence-corrected chi connectivity index (χ4v) is 3.81. The number of primary amides is 1. The highest BCUT2D eigenvalue weighted by Crippen LogP contribution is 2.21. The third kappa shape index (κ3) is 4.80. The molecule has 2 aromatic rings. The largest absolute Gasteiger partial charge is 0.497 e. The second-order valence-electron chi connectivity index (χ2n) is 6.08. The second-order valence-corrected chi connectivity index (χ2v) is 7.76. The average Bonchev–Trinajstić information content (AvgIpc) is 2.61. The Hall–Kier alpha value is -2.98. The van der Waals surface area contributed by atoms with E-state index in [0.29, 0.717) is 11.3 Å². The van der Waals surface area contributed by atoms with Gasteiger partial charge in [0.15, 0.2) is 0 Å². The van der Waals surface area contributed by atoms with E-state index in [1.165, 1.54) is 62.6 Å². The van der Waals surface area contributed by atoms with E-state index in [0.717, 1.165) is 0 Å². The van der Waals surface area contributed by atoms with Gasteiger partial charge in [0, 0.05) is 18.6 Å². The molecule has 0 aliphatic heterocycles. The maximum atomic E-state index is 12.6. The van der Waals surface area contributed by atoms with Gasteiger partial charge < -0.3 is 10.5 Å². The van der Waals surface area contributed by atoms with Crippen LogP contribution in [-0.2, 0) is 21.2 Å². The summed E-state index contributed by atoms with van der Waals surface area (Å²) in [6.07, 6.45) is -0.0737. The number of methoxy groups -OCH3 is 1. The number of nitrogens with two attached hydrogens (primary N) is 1. The summed E-state index contributed by atoms with van der Waals surface area (Å²) in [5, 5.41) is 10.7. The molecule has 0 aromatic heterocycles. The number of hydrogen-bond donors (Lipinski definition) is 2. The lowest BCUT2D eigenvalue weighted by Crippen LogP contribution is -2.56. The molecule has 0 aliphatic carbocycles. The van der Waals surface area contributed by atoms with E-state index < -0.39 is 26.4 Å². The van der Waals surface area contributed by atoms with Gasteiger partial charge in [0.1, 0.15) is 11.3 Å². The quantitative estimate of drug-likeness (QED) is 0.512. The Morgan fingerprint density at radius 1 is 1.19 bits per heavy atom. The van der Waals surface area contributed by atoms with Gasteiger partial charge in [-0.2, -0.15) is 4.72 Å². The predicted molar refractivity (Wildman–Crippen MR) is 97.7 cm³/mol. The molecule has 0 unspecified atom stereocenters. The van der Waals surface area contributed by atoms with Gasteiger partial charge in [-0.25, -0.2) is 8.42 Å². The number of sulfonamides is 1. The van der Waals surface area contributed by atoms with Crippen molar-refractivity contribution >= 4 is 21.6 Å². The molecule has 0 fully saturated rings. The summed E-state index contributed by atoms with van der Waals surface area (Å²) >= 11 is 0. The molecule has 0 aliphatic rings. The summed E-state index contributed by atoms with van der Waals surface area (Å²) in [5.74, 6) is -0.393. The van der Waals surface area contributed by atoms with Gasteiger partial charge >= 0.3 is 0 Å². The zero-order valence-electron chi connectivity index (χ0n) is 14.7. The smallest absolute Gasteiger partial charge is 0.269 e. The molecule has 27 heavy (non-hydrogen) atoms. The normalized spacial score (nSPS) is 13.6. The number of ether oxygens (including phenoxy) is 1. The van der Waals surface area contributed by atoms with Gasteiger partial charge in [-0.05, 0) is 36.8 Å². The Kier molecular flexibility index (Phi) is 5.82. The van der Waals surface area contributed by atoms with Crippen molar-refractivity contribution in [1.29, 1.82) is 0 Å². The number of nitro groups is 1. The van der Waals surface area contributed by atoms with Crippen LogP contribution in [-0.4, -0.2) is 31.9 Å². The lowest BCUT2D eigenvalue weighted by molar-refractivity contribution is -0.384. The minimum absolute atomic E-state index is 0.0560. The van der Waals surface area contributed by atoms with Crippen LogP contribution in [0, 0.1) is 10.1 Å². The van der Waals surface area contributed by atoms with Crippen molar-refractivity contribution in [3.8, 4) is 5.75 Å². The van der Waals surface area contributed by atoms with Crippen LogP contribution >= 0.6 is 0 Å². The number of benzene rings is 2. The summed E-state index contributed by atoms with van der Waals surface area (Å²) in [7, 11) is -2.59. The zero-order valence-corrected chi connectivity index (χ0v) is 15.5. The third-order valence-corrected chi connectivity index (χ3v) is 5.59. The van der Waals surface area contributed by atoms with Crippen molar-refractivity contribution < 1.29 is 22.9 Å². The van der Waals surface area contributed by atoms with Gasteiger partial charge in [0.05, 0.1) is 16.9 Å². The second kappa shape index (κ2) is 7.72. The maximum Gasteiger partial charge on any atom is 0.269 e. The van der Waals surface area contributed by atoms with Crippen molar-refractivity contribution in [1.82, 2.24) is 4.72 Å². The fraction of sp³-hybridized carbons (Fsp3) is 0.235. The van der Waals surface area contributed by atoms with Crippen molar-refractivity contribution in [2.75, 3.05) is 7.11 Å². The lowest BCUT2D eigenvalue weighted by Gasteiger charge is -2.27. The van der Waals surface area contributed by atoms with Crippen LogP contribution in [0.4, 0.5) is 5.69 Å². The van der Waals surface area contributed by atoms with Crippen molar-refractivity contribution in [2.45, 2.75) is 23.8 Å². The number of carbonyl (C=O) groups is 1. The Labute approximate surface area is 156 Å². The fourth-order valence-electron chi connectivity index (χ4n) is 2.43. The number of hydrogen-bond acceptors (Lipinski definition) is 6. The Morgan fingerprint density at radius 2 is 1.74 bits per heavy atom. The summed E-state index contributed by atoms with van der Waals surface area (Å²) < 4.78 is 32.6. The number of non-ortho nitro benzene ring substituents is 1. The first kappa shape index (κ1) is 20.3. The molecule has 2 aromatic carbocycles. The first-order valence-corrected chi connectivity index (χ1v) is 9.27. The average molecular weight is 393 g/mol. The van der Waals surface area contributed by atoms with Crippen molar-refractivity contribution in [3.63, 3.8) is 0 Å². The molecule has 2 rings (SSSR count). The van der Waals surface area contributed by atoms with Crippen LogP contribution in [0.15, 0.2) is 53.4 Å². The predicted octanol–water partition coefficient (Wildman–Crippen LogP) is 1.37. The Bertz CT molecular complexity index is 942. The van der Waals surface area contributed by atoms with Crippen molar-refractivity contribution in [2.24, 2.45) is 5.73 Å². The number of nitrogens with zero attached hydrogens (tertiary/aromatic N) is 1. The molecule has 0 saturated carbocycles. The topological polar surface area (TPSA) is 142 Å². The molecule has 0 saturated heterocycles. The Morgan fingerprint density at radius 3 is 2.19 bits per heavy atom. The van der Waals surface area contributed by atoms with E-state index in [4.69, 9.17) is 10.5 Å². The minimum atomic E-state index is -4.04. The van der Waals surface area contributed by atoms with Crippen LogP contribution < -0.4 is 15.2 Å². The third-order valence-electron chi connectivity index (χ3n) is 3.98. The SMILES string of the molecule is COc1ccc(S(=O)(=O)N[C@@](C)(Cc2ccc([N+](=O)[O-])cc2)C(N)=O)cc1. The number of nitrogens with one attached hydrogen (secondary N) is 1. The molecule has 144 valence electrons. The highest BCUT2D eigenvalue weighted by atomic mass is 32.2.